The third-order valence-corrected chi connectivity index (χ3v) is 2.49. The lowest BCUT2D eigenvalue weighted by molar-refractivity contribution is 0.293. The van der Waals surface area contributed by atoms with Crippen LogP contribution in [0.15, 0.2) is 16.5 Å². The Labute approximate surface area is 74.8 Å². The van der Waals surface area contributed by atoms with Crippen molar-refractivity contribution in [3.63, 3.8) is 0 Å². The average Bonchev–Trinajstić information content (AvgIpc) is 2.32. The monoisotopic (exact) mass is 166 g/mol. The topological polar surface area (TPSA) is 13.1 Å². The molecule has 1 heterocycles. The van der Waals surface area contributed by atoms with Crippen LogP contribution in [0.1, 0.15) is 45.1 Å². The van der Waals surface area contributed by atoms with E-state index in [-0.39, 0.29) is 5.41 Å². The Bertz CT molecular complexity index is 252. The Kier molecular flexibility index (Phi) is 2.31. The molecule has 0 radical (unpaired) electrons. The first-order chi connectivity index (χ1) is 5.41. The maximum atomic E-state index is 5.57. The molecule has 68 valence electrons. The lowest BCUT2D eigenvalue weighted by atomic mass is 9.81. The summed E-state index contributed by atoms with van der Waals surface area (Å²) in [6, 6.07) is 4.10. The second-order valence-corrected chi connectivity index (χ2v) is 4.54. The summed E-state index contributed by atoms with van der Waals surface area (Å²) in [5.41, 5.74) is 0.282. The van der Waals surface area contributed by atoms with Crippen LogP contribution in [0, 0.1) is 12.3 Å². The summed E-state index contributed by atoms with van der Waals surface area (Å²) in [6.07, 6.45) is 0. The molecular weight excluding hydrogens is 148 g/mol. The highest BCUT2D eigenvalue weighted by Crippen LogP contribution is 2.34. The molecule has 0 aromatic carbocycles. The zero-order valence-electron chi connectivity index (χ0n) is 8.64. The number of furan rings is 1. The number of hydrogen-bond donors (Lipinski definition) is 0. The van der Waals surface area contributed by atoms with E-state index in [1.54, 1.807) is 0 Å². The minimum atomic E-state index is 0.282. The predicted molar refractivity (Wildman–Crippen MR) is 51.3 cm³/mol. The van der Waals surface area contributed by atoms with Crippen LogP contribution in [0.25, 0.3) is 0 Å². The SMILES string of the molecule is Cc1ccc(C(C)C(C)(C)C)o1. The van der Waals surface area contributed by atoms with E-state index in [1.165, 1.54) is 0 Å². The van der Waals surface area contributed by atoms with Crippen LogP contribution < -0.4 is 0 Å². The second-order valence-electron chi connectivity index (χ2n) is 4.54. The van der Waals surface area contributed by atoms with Gasteiger partial charge in [-0.2, -0.15) is 0 Å². The zero-order valence-corrected chi connectivity index (χ0v) is 8.64. The first-order valence-electron chi connectivity index (χ1n) is 4.47. The molecule has 1 nitrogen and oxygen atoms in total. The fourth-order valence-electron chi connectivity index (χ4n) is 1.11. The molecule has 0 saturated carbocycles. The third-order valence-electron chi connectivity index (χ3n) is 2.49. The van der Waals surface area contributed by atoms with E-state index >= 15 is 0 Å². The van der Waals surface area contributed by atoms with Gasteiger partial charge in [0.15, 0.2) is 0 Å². The van der Waals surface area contributed by atoms with Crippen LogP contribution >= 0.6 is 0 Å². The molecule has 1 rings (SSSR count). The fraction of sp³-hybridized carbons (Fsp3) is 0.636. The Morgan fingerprint density at radius 1 is 1.25 bits per heavy atom. The summed E-state index contributed by atoms with van der Waals surface area (Å²) in [5, 5.41) is 0. The molecule has 1 unspecified atom stereocenters. The van der Waals surface area contributed by atoms with Gasteiger partial charge in [0, 0.05) is 5.92 Å². The van der Waals surface area contributed by atoms with Gasteiger partial charge in [-0.25, -0.2) is 0 Å². The number of aryl methyl sites for hydroxylation is 1. The molecule has 1 aromatic rings. The molecule has 0 saturated heterocycles. The van der Waals surface area contributed by atoms with Gasteiger partial charge in [-0.15, -0.1) is 0 Å². The molecular formula is C11H18O. The zero-order chi connectivity index (χ0) is 9.35. The van der Waals surface area contributed by atoms with Crippen molar-refractivity contribution in [1.82, 2.24) is 0 Å². The summed E-state index contributed by atoms with van der Waals surface area (Å²) in [4.78, 5) is 0. The van der Waals surface area contributed by atoms with E-state index in [4.69, 9.17) is 4.42 Å². The molecule has 0 aliphatic carbocycles. The Hall–Kier alpha value is -0.720. The highest BCUT2D eigenvalue weighted by Gasteiger charge is 2.23. The molecule has 1 aromatic heterocycles. The normalized spacial score (nSPS) is 14.8. The molecule has 0 fully saturated rings. The van der Waals surface area contributed by atoms with Crippen molar-refractivity contribution in [2.45, 2.75) is 40.5 Å². The molecule has 12 heavy (non-hydrogen) atoms. The van der Waals surface area contributed by atoms with Crippen molar-refractivity contribution in [1.29, 1.82) is 0 Å². The van der Waals surface area contributed by atoms with Gasteiger partial charge in [-0.05, 0) is 24.5 Å². The molecule has 0 N–H and O–H groups in total. The van der Waals surface area contributed by atoms with Crippen molar-refractivity contribution in [2.75, 3.05) is 0 Å². The Balaban J connectivity index is 2.85. The van der Waals surface area contributed by atoms with Crippen LogP contribution in [0.4, 0.5) is 0 Å². The van der Waals surface area contributed by atoms with Gasteiger partial charge in [-0.1, -0.05) is 27.7 Å². The smallest absolute Gasteiger partial charge is 0.107 e. The van der Waals surface area contributed by atoms with E-state index in [2.05, 4.69) is 33.8 Å². The molecule has 0 aliphatic heterocycles. The highest BCUT2D eigenvalue weighted by atomic mass is 16.3. The molecule has 0 amide bonds. The maximum Gasteiger partial charge on any atom is 0.107 e. The highest BCUT2D eigenvalue weighted by molar-refractivity contribution is 5.11. The first-order valence-corrected chi connectivity index (χ1v) is 4.47. The Morgan fingerprint density at radius 3 is 2.17 bits per heavy atom. The van der Waals surface area contributed by atoms with Crippen molar-refractivity contribution in [3.8, 4) is 0 Å². The average molecular weight is 166 g/mol. The van der Waals surface area contributed by atoms with Gasteiger partial charge >= 0.3 is 0 Å². The summed E-state index contributed by atoms with van der Waals surface area (Å²) in [6.45, 7) is 10.9. The van der Waals surface area contributed by atoms with Gasteiger partial charge in [0.25, 0.3) is 0 Å². The van der Waals surface area contributed by atoms with E-state index in [0.717, 1.165) is 11.5 Å². The third kappa shape index (κ3) is 1.90. The largest absolute Gasteiger partial charge is 0.466 e. The maximum absolute atomic E-state index is 5.57. The lowest BCUT2D eigenvalue weighted by Crippen LogP contribution is -2.14. The van der Waals surface area contributed by atoms with Gasteiger partial charge in [-0.3, -0.25) is 0 Å². The van der Waals surface area contributed by atoms with Gasteiger partial charge in [0.2, 0.25) is 0 Å². The first kappa shape index (κ1) is 9.37. The van der Waals surface area contributed by atoms with E-state index in [0.29, 0.717) is 5.92 Å². The quantitative estimate of drug-likeness (QED) is 0.619. The fourth-order valence-corrected chi connectivity index (χ4v) is 1.11. The van der Waals surface area contributed by atoms with Gasteiger partial charge in [0.1, 0.15) is 11.5 Å². The van der Waals surface area contributed by atoms with Crippen LogP contribution in [0.3, 0.4) is 0 Å². The summed E-state index contributed by atoms with van der Waals surface area (Å²) in [5.74, 6) is 2.58. The van der Waals surface area contributed by atoms with E-state index in [1.807, 2.05) is 13.0 Å². The van der Waals surface area contributed by atoms with Crippen LogP contribution in [0.2, 0.25) is 0 Å². The molecule has 0 aliphatic rings. The van der Waals surface area contributed by atoms with Crippen LogP contribution in [0.5, 0.6) is 0 Å². The minimum Gasteiger partial charge on any atom is -0.466 e. The minimum absolute atomic E-state index is 0.282. The van der Waals surface area contributed by atoms with Gasteiger partial charge in [0.05, 0.1) is 0 Å². The van der Waals surface area contributed by atoms with E-state index < -0.39 is 0 Å². The predicted octanol–water partition coefficient (Wildman–Crippen LogP) is 3.74. The van der Waals surface area contributed by atoms with Crippen molar-refractivity contribution in [3.05, 3.63) is 23.7 Å². The molecule has 1 atom stereocenters. The second kappa shape index (κ2) is 2.96. The molecule has 1 heteroatoms. The van der Waals surface area contributed by atoms with Crippen molar-refractivity contribution < 1.29 is 4.42 Å². The molecule has 0 bridgehead atoms. The summed E-state index contributed by atoms with van der Waals surface area (Å²) >= 11 is 0. The van der Waals surface area contributed by atoms with Crippen LogP contribution in [-0.4, -0.2) is 0 Å². The summed E-state index contributed by atoms with van der Waals surface area (Å²) in [7, 11) is 0. The standard InChI is InChI=1S/C11H18O/c1-8-6-7-10(12-8)9(2)11(3,4)5/h6-7,9H,1-5H3. The van der Waals surface area contributed by atoms with E-state index in [9.17, 15) is 0 Å². The van der Waals surface area contributed by atoms with Crippen molar-refractivity contribution >= 4 is 0 Å². The number of hydrogen-bond acceptors (Lipinski definition) is 1. The lowest BCUT2D eigenvalue weighted by Gasteiger charge is -2.25. The summed E-state index contributed by atoms with van der Waals surface area (Å²) < 4.78 is 5.57. The van der Waals surface area contributed by atoms with Crippen LogP contribution in [-0.2, 0) is 0 Å². The molecule has 0 spiro atoms. The van der Waals surface area contributed by atoms with Crippen molar-refractivity contribution in [2.24, 2.45) is 5.41 Å². The van der Waals surface area contributed by atoms with Gasteiger partial charge < -0.3 is 4.42 Å². The number of rotatable bonds is 1. The Morgan fingerprint density at radius 2 is 1.83 bits per heavy atom.